The third-order valence-corrected chi connectivity index (χ3v) is 3.54. The molecule has 0 bridgehead atoms. The zero-order chi connectivity index (χ0) is 15.6. The van der Waals surface area contributed by atoms with Gasteiger partial charge in [-0.2, -0.15) is 0 Å². The van der Waals surface area contributed by atoms with Crippen LogP contribution in [0.4, 0.5) is 14.5 Å². The lowest BCUT2D eigenvalue weighted by Crippen LogP contribution is -2.20. The second-order valence-electron chi connectivity index (χ2n) is 5.43. The normalized spacial score (nSPS) is 12.3. The lowest BCUT2D eigenvalue weighted by atomic mass is 10.0. The Hall–Kier alpha value is -1.94. The van der Waals surface area contributed by atoms with Gasteiger partial charge in [-0.05, 0) is 54.8 Å². The molecule has 2 aromatic carbocycles. The van der Waals surface area contributed by atoms with Gasteiger partial charge in [0.05, 0.1) is 0 Å². The molecule has 21 heavy (non-hydrogen) atoms. The Morgan fingerprint density at radius 3 is 2.33 bits per heavy atom. The van der Waals surface area contributed by atoms with E-state index in [0.29, 0.717) is 12.1 Å². The summed E-state index contributed by atoms with van der Waals surface area (Å²) in [5, 5.41) is 0. The monoisotopic (exact) mass is 290 g/mol. The van der Waals surface area contributed by atoms with E-state index in [-0.39, 0.29) is 17.7 Å². The average Bonchev–Trinajstić information content (AvgIpc) is 2.43. The van der Waals surface area contributed by atoms with Crippen LogP contribution >= 0.6 is 0 Å². The number of nitrogens with two attached hydrogens (primary N) is 1. The van der Waals surface area contributed by atoms with E-state index < -0.39 is 0 Å². The first kappa shape index (κ1) is 15.4. The van der Waals surface area contributed by atoms with Crippen LogP contribution in [0.5, 0.6) is 0 Å². The van der Waals surface area contributed by atoms with Crippen LogP contribution in [-0.2, 0) is 6.54 Å². The van der Waals surface area contributed by atoms with Crippen LogP contribution in [0.1, 0.15) is 29.7 Å². The molecule has 0 fully saturated rings. The molecule has 0 spiro atoms. The number of halogens is 2. The minimum Gasteiger partial charge on any atom is -0.370 e. The summed E-state index contributed by atoms with van der Waals surface area (Å²) < 4.78 is 26.7. The van der Waals surface area contributed by atoms with Crippen LogP contribution < -0.4 is 10.6 Å². The molecule has 2 aromatic rings. The number of nitrogens with zero attached hydrogens (tertiary/aromatic N) is 1. The molecule has 2 nitrogen and oxygen atoms in total. The second kappa shape index (κ2) is 6.22. The predicted octanol–water partition coefficient (Wildman–Crippen LogP) is 3.93. The molecule has 2 N–H and O–H groups in total. The molecule has 0 aromatic heterocycles. The van der Waals surface area contributed by atoms with Crippen molar-refractivity contribution >= 4 is 5.69 Å². The van der Waals surface area contributed by atoms with Gasteiger partial charge < -0.3 is 10.6 Å². The van der Waals surface area contributed by atoms with E-state index in [1.54, 1.807) is 25.1 Å². The van der Waals surface area contributed by atoms with E-state index >= 15 is 0 Å². The van der Waals surface area contributed by atoms with Crippen molar-refractivity contribution in [2.24, 2.45) is 5.73 Å². The van der Waals surface area contributed by atoms with Crippen LogP contribution in [0.2, 0.25) is 0 Å². The van der Waals surface area contributed by atoms with Gasteiger partial charge in [0.15, 0.2) is 0 Å². The first-order chi connectivity index (χ1) is 9.88. The molecule has 0 aliphatic rings. The molecular weight excluding hydrogens is 270 g/mol. The number of aryl methyl sites for hydroxylation is 1. The minimum atomic E-state index is -0.259. The molecule has 4 heteroatoms. The molecule has 0 saturated heterocycles. The largest absolute Gasteiger partial charge is 0.370 e. The van der Waals surface area contributed by atoms with Crippen molar-refractivity contribution in [2.75, 3.05) is 11.9 Å². The summed E-state index contributed by atoms with van der Waals surface area (Å²) in [5.41, 5.74) is 9.17. The summed E-state index contributed by atoms with van der Waals surface area (Å²) in [6.07, 6.45) is 0. The van der Waals surface area contributed by atoms with Gasteiger partial charge in [-0.15, -0.1) is 0 Å². The van der Waals surface area contributed by atoms with E-state index in [4.69, 9.17) is 5.73 Å². The van der Waals surface area contributed by atoms with Crippen molar-refractivity contribution in [3.63, 3.8) is 0 Å². The minimum absolute atomic E-state index is 0.249. The van der Waals surface area contributed by atoms with Crippen molar-refractivity contribution in [1.82, 2.24) is 0 Å². The van der Waals surface area contributed by atoms with Crippen molar-refractivity contribution < 1.29 is 8.78 Å². The average molecular weight is 290 g/mol. The van der Waals surface area contributed by atoms with Crippen LogP contribution in [0.15, 0.2) is 36.4 Å². The molecule has 2 rings (SSSR count). The number of anilines is 1. The van der Waals surface area contributed by atoms with Crippen molar-refractivity contribution in [3.8, 4) is 0 Å². The summed E-state index contributed by atoms with van der Waals surface area (Å²) in [6, 6.07) is 9.40. The van der Waals surface area contributed by atoms with Gasteiger partial charge in [-0.1, -0.05) is 12.1 Å². The van der Waals surface area contributed by atoms with Crippen molar-refractivity contribution in [3.05, 3.63) is 64.7 Å². The van der Waals surface area contributed by atoms with Gasteiger partial charge in [0.2, 0.25) is 0 Å². The molecule has 0 unspecified atom stereocenters. The summed E-state index contributed by atoms with van der Waals surface area (Å²) >= 11 is 0. The Bertz CT molecular complexity index is 621. The number of hydrogen-bond acceptors (Lipinski definition) is 2. The maximum absolute atomic E-state index is 13.7. The molecule has 0 heterocycles. The standard InChI is InChI=1S/C17H20F2N2/c1-11-8-17(15(12(2)20)9-16(11)19)21(3)10-13-4-6-14(18)7-5-13/h4-9,12H,10,20H2,1-3H3/t12-/m1/s1. The number of benzene rings is 2. The molecule has 0 aliphatic heterocycles. The third kappa shape index (κ3) is 3.58. The van der Waals surface area contributed by atoms with E-state index in [0.717, 1.165) is 16.8 Å². The van der Waals surface area contributed by atoms with Gasteiger partial charge in [0.25, 0.3) is 0 Å². The SMILES string of the molecule is Cc1cc(N(C)Cc2ccc(F)cc2)c([C@@H](C)N)cc1F. The summed E-state index contributed by atoms with van der Waals surface area (Å²) in [5.74, 6) is -0.503. The van der Waals surface area contributed by atoms with Crippen LogP contribution in [0, 0.1) is 18.6 Å². The molecule has 112 valence electrons. The Labute approximate surface area is 124 Å². The Kier molecular flexibility index (Phi) is 4.58. The summed E-state index contributed by atoms with van der Waals surface area (Å²) in [7, 11) is 1.92. The fourth-order valence-corrected chi connectivity index (χ4v) is 2.33. The van der Waals surface area contributed by atoms with Crippen LogP contribution in [0.3, 0.4) is 0 Å². The highest BCUT2D eigenvalue weighted by Gasteiger charge is 2.14. The van der Waals surface area contributed by atoms with E-state index in [9.17, 15) is 8.78 Å². The van der Waals surface area contributed by atoms with Gasteiger partial charge in [0.1, 0.15) is 11.6 Å². The molecule has 0 radical (unpaired) electrons. The van der Waals surface area contributed by atoms with E-state index in [1.807, 2.05) is 18.9 Å². The fourth-order valence-electron chi connectivity index (χ4n) is 2.33. The Morgan fingerprint density at radius 1 is 1.14 bits per heavy atom. The zero-order valence-corrected chi connectivity index (χ0v) is 12.5. The summed E-state index contributed by atoms with van der Waals surface area (Å²) in [6.45, 7) is 4.17. The Balaban J connectivity index is 2.31. The highest BCUT2D eigenvalue weighted by atomic mass is 19.1. The quantitative estimate of drug-likeness (QED) is 0.924. The van der Waals surface area contributed by atoms with Crippen LogP contribution in [-0.4, -0.2) is 7.05 Å². The van der Waals surface area contributed by atoms with Crippen molar-refractivity contribution in [1.29, 1.82) is 0 Å². The smallest absolute Gasteiger partial charge is 0.126 e. The van der Waals surface area contributed by atoms with E-state index in [1.165, 1.54) is 18.2 Å². The highest BCUT2D eigenvalue weighted by Crippen LogP contribution is 2.28. The predicted molar refractivity (Wildman–Crippen MR) is 82.2 cm³/mol. The maximum Gasteiger partial charge on any atom is 0.126 e. The van der Waals surface area contributed by atoms with Gasteiger partial charge in [0, 0.05) is 25.3 Å². The molecular formula is C17H20F2N2. The fraction of sp³-hybridized carbons (Fsp3) is 0.294. The summed E-state index contributed by atoms with van der Waals surface area (Å²) in [4.78, 5) is 2.00. The first-order valence-electron chi connectivity index (χ1n) is 6.89. The molecule has 1 atom stereocenters. The molecule has 0 aliphatic carbocycles. The lowest BCUT2D eigenvalue weighted by molar-refractivity contribution is 0.612. The topological polar surface area (TPSA) is 29.3 Å². The van der Waals surface area contributed by atoms with Crippen molar-refractivity contribution in [2.45, 2.75) is 26.4 Å². The first-order valence-corrected chi connectivity index (χ1v) is 6.89. The Morgan fingerprint density at radius 2 is 1.76 bits per heavy atom. The van der Waals surface area contributed by atoms with E-state index in [2.05, 4.69) is 0 Å². The number of hydrogen-bond donors (Lipinski definition) is 1. The number of rotatable bonds is 4. The van der Waals surface area contributed by atoms with Crippen LogP contribution in [0.25, 0.3) is 0 Å². The molecule has 0 saturated carbocycles. The maximum atomic E-state index is 13.7. The highest BCUT2D eigenvalue weighted by molar-refractivity contribution is 5.56. The van der Waals surface area contributed by atoms with Gasteiger partial charge >= 0.3 is 0 Å². The van der Waals surface area contributed by atoms with Gasteiger partial charge in [-0.3, -0.25) is 0 Å². The van der Waals surface area contributed by atoms with Gasteiger partial charge in [-0.25, -0.2) is 8.78 Å². The molecule has 0 amide bonds. The zero-order valence-electron chi connectivity index (χ0n) is 12.5. The lowest BCUT2D eigenvalue weighted by Gasteiger charge is -2.25. The third-order valence-electron chi connectivity index (χ3n) is 3.54. The second-order valence-corrected chi connectivity index (χ2v) is 5.43.